The van der Waals surface area contributed by atoms with Gasteiger partial charge in [-0.3, -0.25) is 0 Å². The quantitative estimate of drug-likeness (QED) is 0.840. The summed E-state index contributed by atoms with van der Waals surface area (Å²) in [5.41, 5.74) is 9.63. The fraction of sp³-hybridized carbons (Fsp3) is 0.143. The summed E-state index contributed by atoms with van der Waals surface area (Å²) < 4.78 is 6.19. The number of anilines is 3. The molecule has 94 valence electrons. The van der Waals surface area contributed by atoms with E-state index < -0.39 is 0 Å². The number of nitrogens with two attached hydrogens (primary N) is 1. The molecule has 4 heteroatoms. The number of rotatable bonds is 3. The van der Waals surface area contributed by atoms with Gasteiger partial charge in [-0.15, -0.1) is 0 Å². The van der Waals surface area contributed by atoms with Gasteiger partial charge in [-0.25, -0.2) is 0 Å². The maximum Gasteiger partial charge on any atom is 0.135 e. The van der Waals surface area contributed by atoms with Crippen LogP contribution in [0.3, 0.4) is 0 Å². The fourth-order valence-electron chi connectivity index (χ4n) is 1.79. The molecule has 3 nitrogen and oxygen atoms in total. The van der Waals surface area contributed by atoms with Gasteiger partial charge in [0.1, 0.15) is 5.75 Å². The third-order valence-electron chi connectivity index (χ3n) is 2.54. The molecule has 0 fully saturated rings. The lowest BCUT2D eigenvalue weighted by Crippen LogP contribution is -1.94. The summed E-state index contributed by atoms with van der Waals surface area (Å²) in [5.74, 6) is 0.792. The Morgan fingerprint density at radius 3 is 2.56 bits per heavy atom. The Balaban J connectivity index is 2.28. The van der Waals surface area contributed by atoms with E-state index in [1.165, 1.54) is 0 Å². The Labute approximate surface area is 115 Å². The lowest BCUT2D eigenvalue weighted by Gasteiger charge is -2.10. The molecule has 0 aliphatic carbocycles. The first kappa shape index (κ1) is 12.8. The number of hydrogen-bond donors (Lipinski definition) is 2. The highest BCUT2D eigenvalue weighted by molar-refractivity contribution is 9.10. The predicted octanol–water partition coefficient (Wildman–Crippen LogP) is 4.09. The topological polar surface area (TPSA) is 47.3 Å². The van der Waals surface area contributed by atoms with Crippen molar-refractivity contribution in [1.29, 1.82) is 0 Å². The van der Waals surface area contributed by atoms with Gasteiger partial charge in [-0.2, -0.15) is 0 Å². The Morgan fingerprint density at radius 1 is 1.11 bits per heavy atom. The zero-order valence-electron chi connectivity index (χ0n) is 10.3. The van der Waals surface area contributed by atoms with Gasteiger partial charge in [-0.05, 0) is 58.7 Å². The monoisotopic (exact) mass is 306 g/mol. The molecule has 3 N–H and O–H groups in total. The molecule has 0 aliphatic heterocycles. The summed E-state index contributed by atoms with van der Waals surface area (Å²) in [4.78, 5) is 0. The van der Waals surface area contributed by atoms with Crippen LogP contribution in [0.5, 0.6) is 5.75 Å². The third kappa shape index (κ3) is 2.96. The van der Waals surface area contributed by atoms with Crippen LogP contribution in [0.2, 0.25) is 0 Å². The van der Waals surface area contributed by atoms with Gasteiger partial charge < -0.3 is 15.8 Å². The average Bonchev–Trinajstić information content (AvgIpc) is 2.30. The molecule has 0 amide bonds. The van der Waals surface area contributed by atoms with E-state index in [1.54, 1.807) is 7.11 Å². The van der Waals surface area contributed by atoms with Gasteiger partial charge in [0.2, 0.25) is 0 Å². The van der Waals surface area contributed by atoms with Crippen LogP contribution in [-0.4, -0.2) is 7.11 Å². The number of aryl methyl sites for hydroxylation is 1. The van der Waals surface area contributed by atoms with Crippen molar-refractivity contribution in [2.75, 3.05) is 18.2 Å². The summed E-state index contributed by atoms with van der Waals surface area (Å²) in [7, 11) is 1.65. The lowest BCUT2D eigenvalue weighted by atomic mass is 10.2. The second-order valence-corrected chi connectivity index (χ2v) is 4.96. The normalized spacial score (nSPS) is 10.2. The van der Waals surface area contributed by atoms with Crippen LogP contribution >= 0.6 is 15.9 Å². The van der Waals surface area contributed by atoms with E-state index >= 15 is 0 Å². The van der Waals surface area contributed by atoms with Crippen molar-refractivity contribution < 1.29 is 4.74 Å². The van der Waals surface area contributed by atoms with E-state index in [2.05, 4.69) is 21.2 Å². The molecule has 0 radical (unpaired) electrons. The van der Waals surface area contributed by atoms with Crippen molar-refractivity contribution in [3.05, 3.63) is 46.4 Å². The minimum absolute atomic E-state index is 0.751. The van der Waals surface area contributed by atoms with Crippen LogP contribution in [0.4, 0.5) is 17.1 Å². The van der Waals surface area contributed by atoms with Crippen molar-refractivity contribution in [3.8, 4) is 5.75 Å². The van der Waals surface area contributed by atoms with Crippen LogP contribution in [0.15, 0.2) is 40.9 Å². The van der Waals surface area contributed by atoms with E-state index in [9.17, 15) is 0 Å². The van der Waals surface area contributed by atoms with Crippen LogP contribution in [0, 0.1) is 6.92 Å². The van der Waals surface area contributed by atoms with Gasteiger partial charge in [0, 0.05) is 23.1 Å². The fourth-order valence-corrected chi connectivity index (χ4v) is 2.20. The number of hydrogen-bond acceptors (Lipinski definition) is 3. The van der Waals surface area contributed by atoms with E-state index in [4.69, 9.17) is 10.5 Å². The van der Waals surface area contributed by atoms with Crippen molar-refractivity contribution >= 4 is 33.0 Å². The Morgan fingerprint density at radius 2 is 1.89 bits per heavy atom. The maximum absolute atomic E-state index is 5.82. The number of methoxy groups -OCH3 is 1. The summed E-state index contributed by atoms with van der Waals surface area (Å²) >= 11 is 3.43. The number of benzene rings is 2. The summed E-state index contributed by atoms with van der Waals surface area (Å²) in [6.45, 7) is 2.02. The highest BCUT2D eigenvalue weighted by Gasteiger charge is 2.02. The molecule has 0 aromatic heterocycles. The Bertz CT molecular complexity index is 549. The van der Waals surface area contributed by atoms with E-state index in [-0.39, 0.29) is 0 Å². The maximum atomic E-state index is 5.82. The summed E-state index contributed by atoms with van der Waals surface area (Å²) in [5, 5.41) is 3.31. The predicted molar refractivity (Wildman–Crippen MR) is 79.6 cm³/mol. The molecule has 0 unspecified atom stereocenters. The molecule has 0 aliphatic rings. The van der Waals surface area contributed by atoms with Gasteiger partial charge >= 0.3 is 0 Å². The SMILES string of the molecule is COc1cc(Nc2cc(C)cc(N)c2)ccc1Br. The third-order valence-corrected chi connectivity index (χ3v) is 3.19. The second-order valence-electron chi connectivity index (χ2n) is 4.11. The number of nitrogen functional groups attached to an aromatic ring is 1. The molecule has 0 spiro atoms. The molecule has 18 heavy (non-hydrogen) atoms. The van der Waals surface area contributed by atoms with E-state index in [1.807, 2.05) is 43.3 Å². The van der Waals surface area contributed by atoms with Crippen LogP contribution < -0.4 is 15.8 Å². The highest BCUT2D eigenvalue weighted by Crippen LogP contribution is 2.30. The zero-order chi connectivity index (χ0) is 13.1. The largest absolute Gasteiger partial charge is 0.495 e. The van der Waals surface area contributed by atoms with Crippen LogP contribution in [0.1, 0.15) is 5.56 Å². The summed E-state index contributed by atoms with van der Waals surface area (Å²) in [6.07, 6.45) is 0. The first-order chi connectivity index (χ1) is 8.58. The van der Waals surface area contributed by atoms with Crippen molar-refractivity contribution in [3.63, 3.8) is 0 Å². The lowest BCUT2D eigenvalue weighted by molar-refractivity contribution is 0.412. The number of nitrogens with one attached hydrogen (secondary N) is 1. The molecule has 0 heterocycles. The van der Waals surface area contributed by atoms with E-state index in [0.717, 1.165) is 32.8 Å². The average molecular weight is 307 g/mol. The van der Waals surface area contributed by atoms with Gasteiger partial charge in [0.05, 0.1) is 11.6 Å². The molecule has 2 aromatic carbocycles. The molecule has 0 atom stereocenters. The molecular formula is C14H15BrN2O. The van der Waals surface area contributed by atoms with Gasteiger partial charge in [0.15, 0.2) is 0 Å². The molecule has 0 saturated heterocycles. The van der Waals surface area contributed by atoms with Crippen molar-refractivity contribution in [2.45, 2.75) is 6.92 Å². The Kier molecular flexibility index (Phi) is 3.77. The Hall–Kier alpha value is -1.68. The minimum atomic E-state index is 0.751. The zero-order valence-corrected chi connectivity index (χ0v) is 11.9. The minimum Gasteiger partial charge on any atom is -0.495 e. The van der Waals surface area contributed by atoms with Gasteiger partial charge in [-0.1, -0.05) is 0 Å². The first-order valence-corrected chi connectivity index (χ1v) is 6.35. The standard InChI is InChI=1S/C14H15BrN2O/c1-9-5-10(16)7-12(6-9)17-11-3-4-13(15)14(8-11)18-2/h3-8,17H,16H2,1-2H3. The molecule has 2 rings (SSSR count). The molecule has 0 saturated carbocycles. The van der Waals surface area contributed by atoms with E-state index in [0.29, 0.717) is 0 Å². The first-order valence-electron chi connectivity index (χ1n) is 5.56. The van der Waals surface area contributed by atoms with Gasteiger partial charge in [0.25, 0.3) is 0 Å². The van der Waals surface area contributed by atoms with Crippen molar-refractivity contribution in [2.24, 2.45) is 0 Å². The van der Waals surface area contributed by atoms with Crippen LogP contribution in [0.25, 0.3) is 0 Å². The molecule has 2 aromatic rings. The van der Waals surface area contributed by atoms with Crippen molar-refractivity contribution in [1.82, 2.24) is 0 Å². The highest BCUT2D eigenvalue weighted by atomic mass is 79.9. The summed E-state index contributed by atoms with van der Waals surface area (Å²) in [6, 6.07) is 11.7. The number of ether oxygens (including phenoxy) is 1. The van der Waals surface area contributed by atoms with Crippen LogP contribution in [-0.2, 0) is 0 Å². The number of halogens is 1. The molecular weight excluding hydrogens is 292 g/mol. The molecule has 0 bridgehead atoms. The second kappa shape index (κ2) is 5.31. The smallest absolute Gasteiger partial charge is 0.135 e.